The molecule has 210 valence electrons. The van der Waals surface area contributed by atoms with Crippen molar-refractivity contribution in [3.8, 4) is 11.1 Å². The zero-order valence-electron chi connectivity index (χ0n) is 21.9. The highest BCUT2D eigenvalue weighted by Gasteiger charge is 2.66. The van der Waals surface area contributed by atoms with E-state index in [9.17, 15) is 22.4 Å². The lowest BCUT2D eigenvalue weighted by atomic mass is 10.0. The van der Waals surface area contributed by atoms with Crippen LogP contribution < -0.4 is 5.32 Å². The second-order valence-corrected chi connectivity index (χ2v) is 10.2. The second kappa shape index (κ2) is 10.8. The van der Waals surface area contributed by atoms with Crippen molar-refractivity contribution in [3.63, 3.8) is 0 Å². The Labute approximate surface area is 227 Å². The van der Waals surface area contributed by atoms with Crippen LogP contribution in [0.15, 0.2) is 53.6 Å². The smallest absolute Gasteiger partial charge is 0.358 e. The van der Waals surface area contributed by atoms with E-state index in [4.69, 9.17) is 4.52 Å². The standard InChI is InChI=1S/C27H27F4N7O2/c1-37(2)7-8-38-16-17(13-34-38)9-23-32-14-20(15-33-23)18-3-4-19(21(28)10-18)11-25(39)35-24-12-22(40-36-24)26(5-6-26)27(29,30)31/h3-4,10,12-16H,5-9,11H2,1-2H3,(H,35,36,39). The first-order chi connectivity index (χ1) is 19.0. The Hall–Kier alpha value is -4.13. The van der Waals surface area contributed by atoms with Crippen LogP contribution >= 0.6 is 0 Å². The van der Waals surface area contributed by atoms with E-state index < -0.39 is 23.3 Å². The topological polar surface area (TPSA) is 102 Å². The summed E-state index contributed by atoms with van der Waals surface area (Å²) in [6.45, 7) is 1.65. The normalized spacial score (nSPS) is 14.5. The molecule has 0 saturated heterocycles. The SMILES string of the molecule is CN(C)CCn1cc(Cc2ncc(-c3ccc(CC(=O)Nc4cc(C5(C(F)(F)F)CC5)on4)c(F)c3)cn2)cn1. The van der Waals surface area contributed by atoms with Crippen molar-refractivity contribution in [3.05, 3.63) is 77.6 Å². The maximum atomic E-state index is 14.8. The molecule has 1 saturated carbocycles. The molecule has 0 unspecified atom stereocenters. The van der Waals surface area contributed by atoms with Gasteiger partial charge in [0.2, 0.25) is 5.91 Å². The first-order valence-corrected chi connectivity index (χ1v) is 12.6. The van der Waals surface area contributed by atoms with E-state index in [1.165, 1.54) is 12.1 Å². The number of alkyl halides is 3. The molecule has 1 aliphatic carbocycles. The molecule has 40 heavy (non-hydrogen) atoms. The third-order valence-electron chi connectivity index (χ3n) is 6.81. The Balaban J connectivity index is 1.18. The summed E-state index contributed by atoms with van der Waals surface area (Å²) in [6.07, 6.45) is 2.49. The van der Waals surface area contributed by atoms with Gasteiger partial charge in [-0.25, -0.2) is 14.4 Å². The number of anilines is 1. The van der Waals surface area contributed by atoms with Crippen molar-refractivity contribution in [1.29, 1.82) is 0 Å². The monoisotopic (exact) mass is 557 g/mol. The van der Waals surface area contributed by atoms with Crippen LogP contribution in [-0.2, 0) is 29.6 Å². The number of rotatable bonds is 10. The summed E-state index contributed by atoms with van der Waals surface area (Å²) < 4.78 is 61.3. The highest BCUT2D eigenvalue weighted by atomic mass is 19.4. The first-order valence-electron chi connectivity index (χ1n) is 12.6. The van der Waals surface area contributed by atoms with Crippen molar-refractivity contribution in [2.75, 3.05) is 26.0 Å². The van der Waals surface area contributed by atoms with Gasteiger partial charge in [0.15, 0.2) is 11.6 Å². The lowest BCUT2D eigenvalue weighted by molar-refractivity contribution is -0.165. The predicted octanol–water partition coefficient (Wildman–Crippen LogP) is 4.39. The van der Waals surface area contributed by atoms with E-state index in [0.717, 1.165) is 24.7 Å². The minimum absolute atomic E-state index is 0.0899. The van der Waals surface area contributed by atoms with E-state index >= 15 is 0 Å². The lowest BCUT2D eigenvalue weighted by Crippen LogP contribution is -2.28. The van der Waals surface area contributed by atoms with Crippen LogP contribution in [-0.4, -0.2) is 62.5 Å². The quantitative estimate of drug-likeness (QED) is 0.289. The fraction of sp³-hybridized carbons (Fsp3) is 0.370. The number of halogens is 4. The van der Waals surface area contributed by atoms with Gasteiger partial charge in [-0.05, 0) is 49.7 Å². The van der Waals surface area contributed by atoms with E-state index in [2.05, 4.69) is 30.4 Å². The number of carbonyl (C=O) groups excluding carboxylic acids is 1. The van der Waals surface area contributed by atoms with E-state index in [1.54, 1.807) is 24.7 Å². The van der Waals surface area contributed by atoms with Crippen molar-refractivity contribution in [2.24, 2.45) is 0 Å². The van der Waals surface area contributed by atoms with Crippen LogP contribution in [0.5, 0.6) is 0 Å². The highest BCUT2D eigenvalue weighted by Crippen LogP contribution is 2.59. The van der Waals surface area contributed by atoms with E-state index in [-0.39, 0.29) is 36.4 Å². The number of likely N-dealkylation sites (N-methyl/N-ethyl adjacent to an activating group) is 1. The second-order valence-electron chi connectivity index (χ2n) is 10.2. The molecule has 9 nitrogen and oxygen atoms in total. The molecule has 1 aromatic carbocycles. The van der Waals surface area contributed by atoms with Crippen molar-refractivity contribution < 1.29 is 26.9 Å². The zero-order valence-corrected chi connectivity index (χ0v) is 21.9. The molecule has 0 radical (unpaired) electrons. The maximum Gasteiger partial charge on any atom is 0.401 e. The fourth-order valence-electron chi connectivity index (χ4n) is 4.28. The predicted molar refractivity (Wildman–Crippen MR) is 137 cm³/mol. The van der Waals surface area contributed by atoms with Gasteiger partial charge in [0, 0.05) is 43.2 Å². The van der Waals surface area contributed by atoms with Gasteiger partial charge in [0.05, 0.1) is 19.2 Å². The number of hydrogen-bond acceptors (Lipinski definition) is 7. The molecular formula is C27H27F4N7O2. The lowest BCUT2D eigenvalue weighted by Gasteiger charge is -2.14. The van der Waals surface area contributed by atoms with E-state index in [1.807, 2.05) is 25.0 Å². The molecule has 1 aliphatic rings. The molecule has 0 atom stereocenters. The Morgan fingerprint density at radius 1 is 1.12 bits per heavy atom. The molecule has 3 aromatic heterocycles. The van der Waals surface area contributed by atoms with Gasteiger partial charge in [-0.1, -0.05) is 17.3 Å². The zero-order chi connectivity index (χ0) is 28.5. The summed E-state index contributed by atoms with van der Waals surface area (Å²) in [4.78, 5) is 23.3. The maximum absolute atomic E-state index is 14.8. The number of nitrogens with one attached hydrogen (secondary N) is 1. The summed E-state index contributed by atoms with van der Waals surface area (Å²) in [7, 11) is 4.00. The molecule has 0 bridgehead atoms. The third-order valence-corrected chi connectivity index (χ3v) is 6.81. The number of amides is 1. The average molecular weight is 558 g/mol. The summed E-state index contributed by atoms with van der Waals surface area (Å²) in [5.74, 6) is -1.14. The van der Waals surface area contributed by atoms with Crippen molar-refractivity contribution in [2.45, 2.75) is 43.8 Å². The van der Waals surface area contributed by atoms with Gasteiger partial charge in [-0.3, -0.25) is 9.48 Å². The molecule has 1 fully saturated rings. The minimum atomic E-state index is -4.46. The molecule has 5 rings (SSSR count). The number of hydrogen-bond donors (Lipinski definition) is 1. The Bertz CT molecular complexity index is 1490. The van der Waals surface area contributed by atoms with Crippen LogP contribution in [0.3, 0.4) is 0 Å². The fourth-order valence-corrected chi connectivity index (χ4v) is 4.28. The number of benzene rings is 1. The van der Waals surface area contributed by atoms with Crippen LogP contribution in [0.25, 0.3) is 11.1 Å². The molecule has 3 heterocycles. The van der Waals surface area contributed by atoms with Crippen LogP contribution in [0.1, 0.15) is 35.6 Å². The summed E-state index contributed by atoms with van der Waals surface area (Å²) in [5, 5.41) is 10.2. The molecule has 4 aromatic rings. The van der Waals surface area contributed by atoms with Crippen LogP contribution in [0, 0.1) is 5.82 Å². The molecule has 13 heteroatoms. The number of aromatic nitrogens is 5. The van der Waals surface area contributed by atoms with Gasteiger partial charge in [0.25, 0.3) is 0 Å². The van der Waals surface area contributed by atoms with Gasteiger partial charge in [-0.2, -0.15) is 18.3 Å². The molecular weight excluding hydrogens is 530 g/mol. The largest absolute Gasteiger partial charge is 0.401 e. The van der Waals surface area contributed by atoms with Gasteiger partial charge >= 0.3 is 6.18 Å². The Morgan fingerprint density at radius 3 is 2.52 bits per heavy atom. The van der Waals surface area contributed by atoms with Crippen LogP contribution in [0.2, 0.25) is 0 Å². The van der Waals surface area contributed by atoms with Gasteiger partial charge in [-0.15, -0.1) is 0 Å². The van der Waals surface area contributed by atoms with E-state index in [0.29, 0.717) is 23.4 Å². The summed E-state index contributed by atoms with van der Waals surface area (Å²) >= 11 is 0. The first kappa shape index (κ1) is 27.4. The third kappa shape index (κ3) is 6.03. The Morgan fingerprint density at radius 2 is 1.88 bits per heavy atom. The molecule has 1 amide bonds. The summed E-state index contributed by atoms with van der Waals surface area (Å²) in [5.41, 5.74) is 0.195. The Kier molecular flexibility index (Phi) is 7.41. The summed E-state index contributed by atoms with van der Waals surface area (Å²) in [6, 6.07) is 5.47. The molecule has 0 aliphatic heterocycles. The number of nitrogens with zero attached hydrogens (tertiary/aromatic N) is 6. The number of carbonyl (C=O) groups is 1. The minimum Gasteiger partial charge on any atom is -0.358 e. The van der Waals surface area contributed by atoms with Gasteiger partial charge < -0.3 is 14.7 Å². The van der Waals surface area contributed by atoms with Crippen molar-refractivity contribution in [1.82, 2.24) is 29.8 Å². The van der Waals surface area contributed by atoms with Gasteiger partial charge in [0.1, 0.15) is 17.1 Å². The molecule has 1 N–H and O–H groups in total. The highest BCUT2D eigenvalue weighted by molar-refractivity contribution is 5.91. The van der Waals surface area contributed by atoms with Crippen molar-refractivity contribution >= 4 is 11.7 Å². The average Bonchev–Trinajstić information content (AvgIpc) is 3.41. The molecule has 0 spiro atoms. The van der Waals surface area contributed by atoms with Crippen LogP contribution in [0.4, 0.5) is 23.4 Å².